The number of hydrogen-bond donors (Lipinski definition) is 2. The predicted molar refractivity (Wildman–Crippen MR) is 68.2 cm³/mol. The fourth-order valence-electron chi connectivity index (χ4n) is 1.71. The Labute approximate surface area is 108 Å². The minimum Gasteiger partial charge on any atom is -0.481 e. The maximum Gasteiger partial charge on any atom is 0.303 e. The average Bonchev–Trinajstić information content (AvgIpc) is 2.68. The molecule has 0 saturated carbocycles. The lowest BCUT2D eigenvalue weighted by atomic mass is 9.84. The third-order valence-corrected chi connectivity index (χ3v) is 2.97. The summed E-state index contributed by atoms with van der Waals surface area (Å²) in [6, 6.07) is 1.91. The highest BCUT2D eigenvalue weighted by Crippen LogP contribution is 2.26. The summed E-state index contributed by atoms with van der Waals surface area (Å²) in [4.78, 5) is 10.5. The van der Waals surface area contributed by atoms with E-state index >= 15 is 0 Å². The van der Waals surface area contributed by atoms with Crippen molar-refractivity contribution in [1.29, 1.82) is 0 Å². The van der Waals surface area contributed by atoms with Crippen LogP contribution in [0.3, 0.4) is 0 Å². The van der Waals surface area contributed by atoms with Crippen molar-refractivity contribution < 1.29 is 14.4 Å². The van der Waals surface area contributed by atoms with Gasteiger partial charge in [0.05, 0.1) is 12.2 Å². The van der Waals surface area contributed by atoms with E-state index in [4.69, 9.17) is 9.63 Å². The smallest absolute Gasteiger partial charge is 0.303 e. The molecule has 0 bridgehead atoms. The molecule has 1 aromatic heterocycles. The first-order valence-corrected chi connectivity index (χ1v) is 6.24. The maximum atomic E-state index is 10.5. The minimum atomic E-state index is -0.729. The molecule has 0 spiro atoms. The lowest BCUT2D eigenvalue weighted by Crippen LogP contribution is -2.22. The minimum absolute atomic E-state index is 0.0444. The largest absolute Gasteiger partial charge is 0.481 e. The molecule has 0 aliphatic carbocycles. The number of nitrogens with one attached hydrogen (secondary N) is 1. The molecule has 2 N–H and O–H groups in total. The Morgan fingerprint density at radius 3 is 2.78 bits per heavy atom. The number of aryl methyl sites for hydroxylation is 1. The van der Waals surface area contributed by atoms with Crippen LogP contribution >= 0.6 is 0 Å². The highest BCUT2D eigenvalue weighted by Gasteiger charge is 2.18. The van der Waals surface area contributed by atoms with Crippen molar-refractivity contribution in [3.8, 4) is 0 Å². The van der Waals surface area contributed by atoms with E-state index in [1.807, 2.05) is 13.0 Å². The van der Waals surface area contributed by atoms with Crippen LogP contribution in [0.1, 0.15) is 44.6 Å². The van der Waals surface area contributed by atoms with Crippen LogP contribution in [-0.2, 0) is 11.3 Å². The van der Waals surface area contributed by atoms with Gasteiger partial charge in [-0.2, -0.15) is 0 Å². The molecule has 0 atom stereocenters. The fraction of sp³-hybridized carbons (Fsp3) is 0.692. The second-order valence-electron chi connectivity index (χ2n) is 5.42. The Balaban J connectivity index is 2.18. The number of nitrogens with zero attached hydrogens (tertiary/aromatic N) is 1. The van der Waals surface area contributed by atoms with Gasteiger partial charge in [-0.05, 0) is 31.7 Å². The monoisotopic (exact) mass is 254 g/mol. The number of hydrogen-bond acceptors (Lipinski definition) is 4. The zero-order valence-corrected chi connectivity index (χ0v) is 11.3. The molecule has 1 rings (SSSR count). The van der Waals surface area contributed by atoms with Gasteiger partial charge in [0.25, 0.3) is 0 Å². The van der Waals surface area contributed by atoms with Gasteiger partial charge in [-0.25, -0.2) is 0 Å². The van der Waals surface area contributed by atoms with Crippen molar-refractivity contribution in [2.45, 2.75) is 46.6 Å². The van der Waals surface area contributed by atoms with Crippen molar-refractivity contribution in [3.05, 3.63) is 17.5 Å². The van der Waals surface area contributed by atoms with E-state index in [0.29, 0.717) is 13.0 Å². The van der Waals surface area contributed by atoms with Crippen molar-refractivity contribution in [1.82, 2.24) is 10.5 Å². The highest BCUT2D eigenvalue weighted by atomic mass is 16.5. The van der Waals surface area contributed by atoms with Crippen LogP contribution in [0.25, 0.3) is 0 Å². The number of carboxylic acids is 1. The van der Waals surface area contributed by atoms with E-state index in [9.17, 15) is 4.79 Å². The quantitative estimate of drug-likeness (QED) is 0.696. The van der Waals surface area contributed by atoms with E-state index in [-0.39, 0.29) is 11.8 Å². The Bertz CT molecular complexity index is 385. The molecule has 1 aromatic rings. The summed E-state index contributed by atoms with van der Waals surface area (Å²) in [7, 11) is 0. The fourth-order valence-corrected chi connectivity index (χ4v) is 1.71. The normalized spacial score (nSPS) is 11.7. The third kappa shape index (κ3) is 5.82. The van der Waals surface area contributed by atoms with Crippen molar-refractivity contribution in [2.24, 2.45) is 5.41 Å². The van der Waals surface area contributed by atoms with Crippen molar-refractivity contribution in [3.63, 3.8) is 0 Å². The van der Waals surface area contributed by atoms with E-state index < -0.39 is 5.97 Å². The van der Waals surface area contributed by atoms with Gasteiger partial charge in [-0.15, -0.1) is 0 Å². The summed E-state index contributed by atoms with van der Waals surface area (Å²) < 4.78 is 5.09. The Morgan fingerprint density at radius 2 is 2.22 bits per heavy atom. The van der Waals surface area contributed by atoms with Crippen LogP contribution in [0.2, 0.25) is 0 Å². The molecular weight excluding hydrogens is 232 g/mol. The first-order chi connectivity index (χ1) is 8.39. The molecule has 0 amide bonds. The topological polar surface area (TPSA) is 75.4 Å². The summed E-state index contributed by atoms with van der Waals surface area (Å²) in [6.07, 6.45) is 1.87. The summed E-state index contributed by atoms with van der Waals surface area (Å²) >= 11 is 0. The summed E-state index contributed by atoms with van der Waals surface area (Å²) in [5, 5.41) is 15.8. The highest BCUT2D eigenvalue weighted by molar-refractivity contribution is 5.66. The Kier molecular flexibility index (Phi) is 5.34. The van der Waals surface area contributed by atoms with Crippen LogP contribution in [0, 0.1) is 12.3 Å². The molecule has 1 heterocycles. The summed E-state index contributed by atoms with van der Waals surface area (Å²) in [5.74, 6) is 0.101. The van der Waals surface area contributed by atoms with Gasteiger partial charge in [-0.1, -0.05) is 19.0 Å². The van der Waals surface area contributed by atoms with Gasteiger partial charge in [0, 0.05) is 12.5 Å². The number of carbonyl (C=O) groups is 1. The Hall–Kier alpha value is -1.36. The van der Waals surface area contributed by atoms with Crippen LogP contribution < -0.4 is 5.32 Å². The lowest BCUT2D eigenvalue weighted by molar-refractivity contribution is -0.137. The molecule has 0 saturated heterocycles. The van der Waals surface area contributed by atoms with Gasteiger partial charge >= 0.3 is 5.97 Å². The molecular formula is C13H22N2O3. The third-order valence-electron chi connectivity index (χ3n) is 2.97. The molecule has 0 aliphatic rings. The van der Waals surface area contributed by atoms with Gasteiger partial charge in [0.15, 0.2) is 5.76 Å². The van der Waals surface area contributed by atoms with Gasteiger partial charge < -0.3 is 14.9 Å². The number of aliphatic carboxylic acids is 1. The molecule has 102 valence electrons. The van der Waals surface area contributed by atoms with Gasteiger partial charge in [-0.3, -0.25) is 4.79 Å². The molecule has 0 radical (unpaired) electrons. The van der Waals surface area contributed by atoms with Crippen LogP contribution in [0.15, 0.2) is 10.6 Å². The van der Waals surface area contributed by atoms with Crippen LogP contribution in [0.4, 0.5) is 0 Å². The molecule has 0 fully saturated rings. The SMILES string of the molecule is Cc1cc(CNCCC(C)(C)CCC(=O)O)on1. The standard InChI is InChI=1S/C13H22N2O3/c1-10-8-11(18-15-10)9-14-7-6-13(2,3)5-4-12(16)17/h8,14H,4-7,9H2,1-3H3,(H,16,17). The van der Waals surface area contributed by atoms with Crippen LogP contribution in [-0.4, -0.2) is 22.8 Å². The number of carboxylic acid groups (broad SMARTS) is 1. The molecule has 0 aliphatic heterocycles. The zero-order valence-electron chi connectivity index (χ0n) is 11.3. The van der Waals surface area contributed by atoms with Gasteiger partial charge in [0.2, 0.25) is 0 Å². The first-order valence-electron chi connectivity index (χ1n) is 6.24. The zero-order chi connectivity index (χ0) is 13.6. The first kappa shape index (κ1) is 14.7. The molecule has 0 unspecified atom stereocenters. The number of aromatic nitrogens is 1. The van der Waals surface area contributed by atoms with E-state index in [2.05, 4.69) is 24.3 Å². The summed E-state index contributed by atoms with van der Waals surface area (Å²) in [5.41, 5.74) is 0.927. The van der Waals surface area contributed by atoms with Crippen LogP contribution in [0.5, 0.6) is 0 Å². The van der Waals surface area contributed by atoms with Crippen molar-refractivity contribution in [2.75, 3.05) is 6.54 Å². The second kappa shape index (κ2) is 6.54. The number of rotatable bonds is 8. The van der Waals surface area contributed by atoms with Gasteiger partial charge in [0.1, 0.15) is 0 Å². The van der Waals surface area contributed by atoms with E-state index in [0.717, 1.165) is 24.4 Å². The van der Waals surface area contributed by atoms with Crippen molar-refractivity contribution >= 4 is 5.97 Å². The second-order valence-corrected chi connectivity index (χ2v) is 5.42. The molecule has 0 aromatic carbocycles. The maximum absolute atomic E-state index is 10.5. The van der Waals surface area contributed by atoms with E-state index in [1.54, 1.807) is 0 Å². The molecule has 5 nitrogen and oxygen atoms in total. The Morgan fingerprint density at radius 1 is 1.50 bits per heavy atom. The molecule has 18 heavy (non-hydrogen) atoms. The average molecular weight is 254 g/mol. The summed E-state index contributed by atoms with van der Waals surface area (Å²) in [6.45, 7) is 7.58. The lowest BCUT2D eigenvalue weighted by Gasteiger charge is -2.23. The predicted octanol–water partition coefficient (Wildman–Crippen LogP) is 2.35. The van der Waals surface area contributed by atoms with E-state index in [1.165, 1.54) is 0 Å². The molecule has 5 heteroatoms.